The molecule has 4 N–H and O–H groups in total. The van der Waals surface area contributed by atoms with Crippen LogP contribution < -0.4 is 16.0 Å². The van der Waals surface area contributed by atoms with E-state index in [4.69, 9.17) is 9.84 Å². The van der Waals surface area contributed by atoms with Gasteiger partial charge in [0, 0.05) is 17.9 Å². The van der Waals surface area contributed by atoms with Crippen LogP contribution in [0, 0.1) is 0 Å². The summed E-state index contributed by atoms with van der Waals surface area (Å²) in [6.45, 7) is 2.93. The van der Waals surface area contributed by atoms with Crippen LogP contribution in [0.1, 0.15) is 43.7 Å². The van der Waals surface area contributed by atoms with Gasteiger partial charge in [-0.1, -0.05) is 48.5 Å². The summed E-state index contributed by atoms with van der Waals surface area (Å²) in [6, 6.07) is 16.2. The van der Waals surface area contributed by atoms with Crippen LogP contribution in [0.3, 0.4) is 0 Å². The molecule has 3 amide bonds. The minimum atomic E-state index is -1.17. The predicted octanol–water partition coefficient (Wildman–Crippen LogP) is 2.40. The monoisotopic (exact) mass is 467 g/mol. The average molecular weight is 468 g/mol. The smallest absolute Gasteiger partial charge is 0.407 e. The van der Waals surface area contributed by atoms with Crippen molar-refractivity contribution < 1.29 is 29.0 Å². The molecule has 3 rings (SSSR count). The number of nitrogens with one attached hydrogen (secondary N) is 3. The van der Waals surface area contributed by atoms with E-state index in [0.717, 1.165) is 22.3 Å². The van der Waals surface area contributed by atoms with Crippen LogP contribution in [0.2, 0.25) is 0 Å². The number of benzene rings is 2. The number of hydrogen-bond acceptors (Lipinski definition) is 5. The average Bonchev–Trinajstić information content (AvgIpc) is 3.12. The van der Waals surface area contributed by atoms with E-state index in [2.05, 4.69) is 28.1 Å². The number of carboxylic acids is 1. The van der Waals surface area contributed by atoms with E-state index in [1.165, 1.54) is 0 Å². The number of fused-ring (bicyclic) bond motifs is 3. The second-order valence-electron chi connectivity index (χ2n) is 8.78. The predicted molar refractivity (Wildman–Crippen MR) is 125 cm³/mol. The molecule has 34 heavy (non-hydrogen) atoms. The highest BCUT2D eigenvalue weighted by Gasteiger charge is 2.30. The first-order chi connectivity index (χ1) is 16.2. The molecule has 0 saturated carbocycles. The molecular formula is C25H29N3O6. The molecule has 0 atom stereocenters. The highest BCUT2D eigenvalue weighted by molar-refractivity contribution is 5.86. The second-order valence-corrected chi connectivity index (χ2v) is 8.78. The van der Waals surface area contributed by atoms with Gasteiger partial charge in [-0.2, -0.15) is 0 Å². The number of amides is 3. The molecule has 0 radical (unpaired) electrons. The van der Waals surface area contributed by atoms with E-state index >= 15 is 0 Å². The molecule has 0 heterocycles. The van der Waals surface area contributed by atoms with Gasteiger partial charge >= 0.3 is 12.1 Å². The number of aliphatic carboxylic acids is 1. The Morgan fingerprint density at radius 2 is 1.44 bits per heavy atom. The summed E-state index contributed by atoms with van der Waals surface area (Å²) in [5.41, 5.74) is 3.83. The van der Waals surface area contributed by atoms with Crippen LogP contribution in [0.5, 0.6) is 0 Å². The molecule has 9 heteroatoms. The Morgan fingerprint density at radius 1 is 0.882 bits per heavy atom. The molecule has 0 unspecified atom stereocenters. The Balaban J connectivity index is 1.45. The minimum Gasteiger partial charge on any atom is -0.480 e. The molecule has 0 saturated heterocycles. The van der Waals surface area contributed by atoms with Crippen molar-refractivity contribution in [1.82, 2.24) is 16.0 Å². The molecule has 0 aliphatic heterocycles. The highest BCUT2D eigenvalue weighted by Crippen LogP contribution is 2.44. The van der Waals surface area contributed by atoms with Gasteiger partial charge in [0.05, 0.1) is 6.54 Å². The van der Waals surface area contributed by atoms with Crippen molar-refractivity contribution in [1.29, 1.82) is 0 Å². The maximum Gasteiger partial charge on any atom is 0.407 e. The van der Waals surface area contributed by atoms with Gasteiger partial charge in [0.15, 0.2) is 0 Å². The third-order valence-corrected chi connectivity index (χ3v) is 5.64. The Kier molecular flexibility index (Phi) is 7.88. The Morgan fingerprint density at radius 3 is 2.03 bits per heavy atom. The number of ether oxygens (including phenoxy) is 1. The first-order valence-electron chi connectivity index (χ1n) is 11.0. The van der Waals surface area contributed by atoms with Crippen LogP contribution in [-0.4, -0.2) is 54.2 Å². The first kappa shape index (κ1) is 24.8. The number of carbonyl (C=O) groups excluding carboxylic acids is 3. The largest absolute Gasteiger partial charge is 0.480 e. The third kappa shape index (κ3) is 6.57. The lowest BCUT2D eigenvalue weighted by Gasteiger charge is -2.26. The van der Waals surface area contributed by atoms with Crippen molar-refractivity contribution in [3.8, 4) is 11.1 Å². The lowest BCUT2D eigenvalue weighted by Crippen LogP contribution is -2.45. The van der Waals surface area contributed by atoms with Crippen LogP contribution >= 0.6 is 0 Å². The lowest BCUT2D eigenvalue weighted by atomic mass is 9.98. The fourth-order valence-corrected chi connectivity index (χ4v) is 3.90. The highest BCUT2D eigenvalue weighted by atomic mass is 16.5. The number of carbonyl (C=O) groups is 4. The zero-order valence-electron chi connectivity index (χ0n) is 19.2. The molecular weight excluding hydrogens is 438 g/mol. The Hall–Kier alpha value is -3.88. The maximum atomic E-state index is 12.5. The van der Waals surface area contributed by atoms with Crippen molar-refractivity contribution >= 4 is 23.9 Å². The van der Waals surface area contributed by atoms with Crippen molar-refractivity contribution in [3.63, 3.8) is 0 Å². The van der Waals surface area contributed by atoms with Gasteiger partial charge < -0.3 is 25.8 Å². The third-order valence-electron chi connectivity index (χ3n) is 5.64. The Labute approximate surface area is 197 Å². The SMILES string of the molecule is CC(C)(CCC(=O)NCC(=O)NCC(=O)O)NC(=O)OCC1c2ccccc2-c2ccccc21. The lowest BCUT2D eigenvalue weighted by molar-refractivity contribution is -0.137. The van der Waals surface area contributed by atoms with Crippen LogP contribution in [0.15, 0.2) is 48.5 Å². The molecule has 0 spiro atoms. The van der Waals surface area contributed by atoms with Gasteiger partial charge in [-0.05, 0) is 42.5 Å². The van der Waals surface area contributed by atoms with Gasteiger partial charge in [0.2, 0.25) is 11.8 Å². The number of alkyl carbamates (subject to hydrolysis) is 1. The van der Waals surface area contributed by atoms with Crippen LogP contribution in [0.25, 0.3) is 11.1 Å². The fourth-order valence-electron chi connectivity index (χ4n) is 3.90. The zero-order valence-corrected chi connectivity index (χ0v) is 19.2. The normalized spacial score (nSPS) is 12.3. The summed E-state index contributed by atoms with van der Waals surface area (Å²) in [4.78, 5) is 46.4. The maximum absolute atomic E-state index is 12.5. The van der Waals surface area contributed by atoms with E-state index in [1.807, 2.05) is 36.4 Å². The fraction of sp³-hybridized carbons (Fsp3) is 0.360. The molecule has 2 aromatic rings. The van der Waals surface area contributed by atoms with Gasteiger partial charge in [0.25, 0.3) is 0 Å². The molecule has 0 bridgehead atoms. The van der Waals surface area contributed by atoms with Crippen molar-refractivity contribution in [3.05, 3.63) is 59.7 Å². The topological polar surface area (TPSA) is 134 Å². The van der Waals surface area contributed by atoms with Gasteiger partial charge in [-0.3, -0.25) is 14.4 Å². The summed E-state index contributed by atoms with van der Waals surface area (Å²) in [7, 11) is 0. The number of carboxylic acid groups (broad SMARTS) is 1. The standard InChI is InChI=1S/C25H29N3O6/c1-25(2,12-11-21(29)26-13-22(30)27-14-23(31)32)28-24(33)34-15-20-18-9-5-3-7-16(18)17-8-4-6-10-19(17)20/h3-10,20H,11-15H2,1-2H3,(H,26,29)(H,27,30)(H,28,33)(H,31,32). The number of hydrogen-bond donors (Lipinski definition) is 4. The summed E-state index contributed by atoms with van der Waals surface area (Å²) >= 11 is 0. The summed E-state index contributed by atoms with van der Waals surface area (Å²) in [6.07, 6.45) is -0.178. The van der Waals surface area contributed by atoms with Gasteiger partial charge in [0.1, 0.15) is 13.2 Å². The van der Waals surface area contributed by atoms with E-state index < -0.39 is 30.1 Å². The van der Waals surface area contributed by atoms with Gasteiger partial charge in [-0.25, -0.2) is 4.79 Å². The van der Waals surface area contributed by atoms with E-state index in [9.17, 15) is 19.2 Å². The first-order valence-corrected chi connectivity index (χ1v) is 11.0. The Bertz CT molecular complexity index is 1040. The van der Waals surface area contributed by atoms with Gasteiger partial charge in [-0.15, -0.1) is 0 Å². The van der Waals surface area contributed by atoms with Crippen molar-refractivity contribution in [2.45, 2.75) is 38.1 Å². The molecule has 9 nitrogen and oxygen atoms in total. The summed E-state index contributed by atoms with van der Waals surface area (Å²) < 4.78 is 5.56. The summed E-state index contributed by atoms with van der Waals surface area (Å²) in [5, 5.41) is 15.9. The number of rotatable bonds is 10. The van der Waals surface area contributed by atoms with E-state index in [1.54, 1.807) is 13.8 Å². The van der Waals surface area contributed by atoms with Crippen molar-refractivity contribution in [2.75, 3.05) is 19.7 Å². The van der Waals surface area contributed by atoms with Crippen molar-refractivity contribution in [2.24, 2.45) is 0 Å². The molecule has 1 aliphatic carbocycles. The van der Waals surface area contributed by atoms with E-state index in [0.29, 0.717) is 6.42 Å². The second kappa shape index (κ2) is 10.8. The molecule has 0 fully saturated rings. The zero-order chi connectivity index (χ0) is 24.7. The van der Waals surface area contributed by atoms with Crippen LogP contribution in [0.4, 0.5) is 4.79 Å². The van der Waals surface area contributed by atoms with Crippen LogP contribution in [-0.2, 0) is 19.1 Å². The minimum absolute atomic E-state index is 0.0423. The van der Waals surface area contributed by atoms with E-state index in [-0.39, 0.29) is 31.4 Å². The molecule has 2 aromatic carbocycles. The molecule has 180 valence electrons. The quantitative estimate of drug-likeness (QED) is 0.424. The molecule has 1 aliphatic rings. The summed E-state index contributed by atoms with van der Waals surface area (Å²) in [5.74, 6) is -2.18. The molecule has 0 aromatic heterocycles.